The molecule has 196 valence electrons. The SMILES string of the molecule is COc1cc(C(=O)N2C[C@H]3CC4C[C@@H]2[C@H]43)cc2nc(C3=Cc4ccc(C(F)F)nc4C3CC3CC3)n(C)c12. The van der Waals surface area contributed by atoms with Gasteiger partial charge in [-0.15, -0.1) is 0 Å². The van der Waals surface area contributed by atoms with Gasteiger partial charge in [0, 0.05) is 36.7 Å². The van der Waals surface area contributed by atoms with Crippen molar-refractivity contribution in [1.82, 2.24) is 19.4 Å². The highest BCUT2D eigenvalue weighted by Gasteiger charge is 2.61. The Morgan fingerprint density at radius 3 is 2.71 bits per heavy atom. The van der Waals surface area contributed by atoms with E-state index in [9.17, 15) is 13.6 Å². The molecule has 2 aromatic heterocycles. The van der Waals surface area contributed by atoms with Crippen LogP contribution in [0.25, 0.3) is 22.7 Å². The Hall–Kier alpha value is -3.29. The first-order valence-corrected chi connectivity index (χ1v) is 13.8. The number of benzene rings is 1. The van der Waals surface area contributed by atoms with E-state index < -0.39 is 6.43 Å². The fourth-order valence-electron chi connectivity index (χ4n) is 7.80. The fraction of sp³-hybridized carbons (Fsp3) is 0.500. The van der Waals surface area contributed by atoms with Gasteiger partial charge in [-0.25, -0.2) is 13.8 Å². The van der Waals surface area contributed by atoms with E-state index in [1.165, 1.54) is 12.5 Å². The molecule has 38 heavy (non-hydrogen) atoms. The lowest BCUT2D eigenvalue weighted by molar-refractivity contribution is -0.0204. The highest BCUT2D eigenvalue weighted by atomic mass is 19.3. The number of methoxy groups -OCH3 is 1. The first-order valence-electron chi connectivity index (χ1n) is 13.8. The molecular weight excluding hydrogens is 486 g/mol. The van der Waals surface area contributed by atoms with Crippen LogP contribution < -0.4 is 4.74 Å². The van der Waals surface area contributed by atoms with Gasteiger partial charge in [0.15, 0.2) is 0 Å². The number of alkyl halides is 2. The number of fused-ring (bicyclic) bond motifs is 2. The number of carbonyl (C=O) groups excluding carboxylic acids is 1. The molecule has 3 saturated carbocycles. The van der Waals surface area contributed by atoms with Crippen LogP contribution in [-0.4, -0.2) is 45.0 Å². The molecule has 0 spiro atoms. The van der Waals surface area contributed by atoms with Crippen molar-refractivity contribution in [2.45, 2.75) is 50.5 Å². The summed E-state index contributed by atoms with van der Waals surface area (Å²) in [5.41, 5.74) is 4.58. The third kappa shape index (κ3) is 3.12. The molecule has 8 heteroatoms. The molecule has 1 aromatic carbocycles. The minimum absolute atomic E-state index is 0.0677. The van der Waals surface area contributed by atoms with E-state index in [1.54, 1.807) is 13.2 Å². The lowest BCUT2D eigenvalue weighted by Gasteiger charge is -2.52. The van der Waals surface area contributed by atoms with Gasteiger partial charge in [0.05, 0.1) is 18.3 Å². The molecule has 3 aromatic rings. The Bertz CT molecular complexity index is 1540. The van der Waals surface area contributed by atoms with Gasteiger partial charge >= 0.3 is 0 Å². The number of pyridine rings is 1. The molecule has 4 aliphatic carbocycles. The minimum atomic E-state index is -2.60. The Balaban J connectivity index is 1.19. The highest BCUT2D eigenvalue weighted by molar-refractivity contribution is 6.01. The summed E-state index contributed by atoms with van der Waals surface area (Å²) < 4.78 is 34.8. The number of nitrogens with zero attached hydrogens (tertiary/aromatic N) is 4. The third-order valence-electron chi connectivity index (χ3n) is 9.92. The van der Waals surface area contributed by atoms with Gasteiger partial charge in [0.1, 0.15) is 22.8 Å². The number of rotatable bonds is 6. The number of amides is 1. The summed E-state index contributed by atoms with van der Waals surface area (Å²) >= 11 is 0. The number of halogens is 2. The van der Waals surface area contributed by atoms with Crippen molar-refractivity contribution in [3.8, 4) is 5.75 Å². The zero-order valence-corrected chi connectivity index (χ0v) is 21.5. The molecule has 0 radical (unpaired) electrons. The Labute approximate surface area is 219 Å². The van der Waals surface area contributed by atoms with E-state index in [2.05, 4.69) is 16.0 Å². The summed E-state index contributed by atoms with van der Waals surface area (Å²) in [7, 11) is 3.58. The van der Waals surface area contributed by atoms with E-state index in [0.29, 0.717) is 40.6 Å². The van der Waals surface area contributed by atoms with Gasteiger partial charge < -0.3 is 14.2 Å². The smallest absolute Gasteiger partial charge is 0.280 e. The molecule has 3 heterocycles. The second kappa shape index (κ2) is 7.87. The number of hydrogen-bond donors (Lipinski definition) is 0. The normalized spacial score (nSPS) is 28.7. The van der Waals surface area contributed by atoms with Crippen molar-refractivity contribution in [3.63, 3.8) is 0 Å². The van der Waals surface area contributed by atoms with Crippen molar-refractivity contribution >= 4 is 28.6 Å². The predicted octanol–water partition coefficient (Wildman–Crippen LogP) is 5.83. The predicted molar refractivity (Wildman–Crippen MR) is 139 cm³/mol. The number of allylic oxidation sites excluding steroid dienone is 1. The minimum Gasteiger partial charge on any atom is -0.494 e. The summed E-state index contributed by atoms with van der Waals surface area (Å²) in [6.07, 6.45) is 5.06. The van der Waals surface area contributed by atoms with E-state index in [4.69, 9.17) is 9.72 Å². The molecule has 5 aliphatic rings. The van der Waals surface area contributed by atoms with Crippen molar-refractivity contribution in [2.24, 2.45) is 30.7 Å². The second-order valence-electron chi connectivity index (χ2n) is 12.0. The maximum atomic E-state index is 13.6. The summed E-state index contributed by atoms with van der Waals surface area (Å²) in [6.45, 7) is 0.861. The second-order valence-corrected chi connectivity index (χ2v) is 12.0. The summed E-state index contributed by atoms with van der Waals surface area (Å²) in [4.78, 5) is 25.1. The van der Waals surface area contributed by atoms with Crippen molar-refractivity contribution in [3.05, 3.63) is 52.6 Å². The van der Waals surface area contributed by atoms with Crippen molar-refractivity contribution < 1.29 is 18.3 Å². The fourth-order valence-corrected chi connectivity index (χ4v) is 7.80. The van der Waals surface area contributed by atoms with Crippen LogP contribution >= 0.6 is 0 Å². The topological polar surface area (TPSA) is 60.2 Å². The molecule has 1 saturated heterocycles. The number of carbonyl (C=O) groups is 1. The van der Waals surface area contributed by atoms with Crippen LogP contribution in [0, 0.1) is 23.7 Å². The first kappa shape index (κ1) is 22.7. The van der Waals surface area contributed by atoms with Gasteiger partial charge in [-0.05, 0) is 72.8 Å². The van der Waals surface area contributed by atoms with Crippen LogP contribution in [0.1, 0.15) is 77.6 Å². The first-order chi connectivity index (χ1) is 18.4. The Morgan fingerprint density at radius 2 is 2.00 bits per heavy atom. The number of aromatic nitrogens is 3. The summed E-state index contributed by atoms with van der Waals surface area (Å²) in [5, 5.41) is 0. The average molecular weight is 517 g/mol. The molecule has 8 rings (SSSR count). The number of imidazole rings is 1. The lowest BCUT2D eigenvalue weighted by Crippen LogP contribution is -2.53. The molecule has 1 amide bonds. The van der Waals surface area contributed by atoms with Crippen LogP contribution in [0.2, 0.25) is 0 Å². The third-order valence-corrected chi connectivity index (χ3v) is 9.92. The summed E-state index contributed by atoms with van der Waals surface area (Å²) in [6, 6.07) is 7.31. The van der Waals surface area contributed by atoms with Crippen LogP contribution in [0.3, 0.4) is 0 Å². The standard InChI is InChI=1S/C30H30F2N4O2/c1-35-27-22(10-17(12-24(27)38-2)30(37)36-13-18-8-16-11-23(36)25(16)18)34-29(35)20-9-15-5-6-21(28(31)32)33-26(15)19(20)7-14-3-4-14/h5-6,9-10,12,14,16,18-19,23,25,28H,3-4,7-8,11,13H2,1-2H3/t16?,18-,19?,23-,25-/m1/s1. The molecule has 6 nitrogen and oxygen atoms in total. The van der Waals surface area contributed by atoms with Gasteiger partial charge in [-0.2, -0.15) is 0 Å². The average Bonchev–Trinajstić information content (AvgIpc) is 3.56. The number of hydrogen-bond acceptors (Lipinski definition) is 4. The molecule has 5 atom stereocenters. The molecule has 0 bridgehead atoms. The van der Waals surface area contributed by atoms with E-state index in [0.717, 1.165) is 66.3 Å². The monoisotopic (exact) mass is 516 g/mol. The van der Waals surface area contributed by atoms with Crippen LogP contribution in [0.15, 0.2) is 24.3 Å². The Kier molecular flexibility index (Phi) is 4.69. The molecule has 2 unspecified atom stereocenters. The lowest BCUT2D eigenvalue weighted by atomic mass is 9.53. The van der Waals surface area contributed by atoms with E-state index in [1.807, 2.05) is 23.7 Å². The zero-order valence-electron chi connectivity index (χ0n) is 21.5. The molecule has 1 aliphatic heterocycles. The number of aryl methyl sites for hydroxylation is 1. The van der Waals surface area contributed by atoms with Crippen LogP contribution in [0.4, 0.5) is 8.78 Å². The van der Waals surface area contributed by atoms with E-state index in [-0.39, 0.29) is 17.5 Å². The van der Waals surface area contributed by atoms with Gasteiger partial charge in [0.2, 0.25) is 0 Å². The van der Waals surface area contributed by atoms with Crippen LogP contribution in [0.5, 0.6) is 5.75 Å². The van der Waals surface area contributed by atoms with E-state index >= 15 is 0 Å². The molecular formula is C30H30F2N4O2. The maximum absolute atomic E-state index is 13.6. The van der Waals surface area contributed by atoms with Crippen LogP contribution in [-0.2, 0) is 7.05 Å². The quantitative estimate of drug-likeness (QED) is 0.414. The van der Waals surface area contributed by atoms with Gasteiger partial charge in [-0.3, -0.25) is 9.78 Å². The largest absolute Gasteiger partial charge is 0.494 e. The summed E-state index contributed by atoms with van der Waals surface area (Å²) in [5.74, 6) is 4.18. The highest BCUT2D eigenvalue weighted by Crippen LogP contribution is 2.61. The Morgan fingerprint density at radius 1 is 1.16 bits per heavy atom. The van der Waals surface area contributed by atoms with Crippen molar-refractivity contribution in [1.29, 1.82) is 0 Å². The zero-order chi connectivity index (χ0) is 25.9. The number of ether oxygens (including phenoxy) is 1. The van der Waals surface area contributed by atoms with Crippen molar-refractivity contribution in [2.75, 3.05) is 13.7 Å². The number of likely N-dealkylation sites (tertiary alicyclic amines) is 1. The van der Waals surface area contributed by atoms with Gasteiger partial charge in [-0.1, -0.05) is 18.9 Å². The molecule has 4 fully saturated rings. The molecule has 0 N–H and O–H groups in total. The van der Waals surface area contributed by atoms with Gasteiger partial charge in [0.25, 0.3) is 12.3 Å². The maximum Gasteiger partial charge on any atom is 0.280 e.